The van der Waals surface area contributed by atoms with Crippen LogP contribution < -0.4 is 10.0 Å². The van der Waals surface area contributed by atoms with Gasteiger partial charge in [-0.2, -0.15) is 0 Å². The van der Waals surface area contributed by atoms with Crippen LogP contribution in [0.5, 0.6) is 0 Å². The van der Waals surface area contributed by atoms with Crippen molar-refractivity contribution < 1.29 is 0 Å². The monoisotopic (exact) mass is 300 g/mol. The van der Waals surface area contributed by atoms with Gasteiger partial charge in [0.15, 0.2) is 0 Å². The maximum absolute atomic E-state index is 3.99. The molecule has 0 fully saturated rings. The maximum atomic E-state index is 3.99. The first-order chi connectivity index (χ1) is 10.0. The Hall–Kier alpha value is -1.87. The highest BCUT2D eigenvalue weighted by Gasteiger charge is 2.02. The van der Waals surface area contributed by atoms with Gasteiger partial charge in [-0.05, 0) is 54.8 Å². The Morgan fingerprint density at radius 2 is 2.00 bits per heavy atom. The number of hydrogen-bond donors (Lipinski definition) is 2. The molecular weight excluding hydrogens is 276 g/mol. The molecule has 1 rings (SSSR count). The highest BCUT2D eigenvalue weighted by Crippen LogP contribution is 2.24. The number of hydrogen-bond acceptors (Lipinski definition) is 3. The Labute approximate surface area is 132 Å². The molecule has 0 aromatic heterocycles. The summed E-state index contributed by atoms with van der Waals surface area (Å²) >= 11 is 1.56. The van der Waals surface area contributed by atoms with Crippen LogP contribution in [0.2, 0.25) is 0 Å². The van der Waals surface area contributed by atoms with Crippen molar-refractivity contribution in [2.24, 2.45) is 0 Å². The molecule has 2 N–H and O–H groups in total. The van der Waals surface area contributed by atoms with Crippen molar-refractivity contribution in [2.75, 3.05) is 18.6 Å². The standard InChI is InChI=1S/C18H24N2S/c1-7-17(20-21-6)11-14(4)10-16-9-8-15(13(2)3)12-18(16)19-5/h7-12,19-20H,1-2H2,3-6H3/b14-10-,17-11-. The minimum absolute atomic E-state index is 1.00. The van der Waals surface area contributed by atoms with Gasteiger partial charge in [-0.25, -0.2) is 0 Å². The van der Waals surface area contributed by atoms with Crippen LogP contribution in [0, 0.1) is 0 Å². The fourth-order valence-corrected chi connectivity index (χ4v) is 2.32. The van der Waals surface area contributed by atoms with Crippen LogP contribution in [0.1, 0.15) is 25.0 Å². The third-order valence-corrected chi connectivity index (χ3v) is 3.46. The summed E-state index contributed by atoms with van der Waals surface area (Å²) in [4.78, 5) is 0. The van der Waals surface area contributed by atoms with Crippen LogP contribution in [0.4, 0.5) is 5.69 Å². The molecule has 2 nitrogen and oxygen atoms in total. The highest BCUT2D eigenvalue weighted by molar-refractivity contribution is 7.96. The van der Waals surface area contributed by atoms with E-state index in [1.54, 1.807) is 11.9 Å². The average Bonchev–Trinajstić information content (AvgIpc) is 2.46. The number of nitrogens with one attached hydrogen (secondary N) is 2. The first-order valence-corrected chi connectivity index (χ1v) is 8.03. The second-order valence-electron chi connectivity index (χ2n) is 4.83. The van der Waals surface area contributed by atoms with Crippen molar-refractivity contribution in [2.45, 2.75) is 13.8 Å². The molecule has 0 spiro atoms. The number of allylic oxidation sites excluding steroid dienone is 4. The van der Waals surface area contributed by atoms with E-state index in [2.05, 4.69) is 60.5 Å². The molecule has 0 unspecified atom stereocenters. The van der Waals surface area contributed by atoms with E-state index < -0.39 is 0 Å². The average molecular weight is 300 g/mol. The van der Waals surface area contributed by atoms with Gasteiger partial charge in [-0.3, -0.25) is 0 Å². The lowest BCUT2D eigenvalue weighted by molar-refractivity contribution is 1.28. The van der Waals surface area contributed by atoms with Crippen molar-refractivity contribution in [1.82, 2.24) is 4.72 Å². The van der Waals surface area contributed by atoms with E-state index in [0.29, 0.717) is 0 Å². The van der Waals surface area contributed by atoms with E-state index in [1.165, 1.54) is 0 Å². The van der Waals surface area contributed by atoms with Gasteiger partial charge >= 0.3 is 0 Å². The lowest BCUT2D eigenvalue weighted by Gasteiger charge is -2.10. The molecule has 0 radical (unpaired) electrons. The van der Waals surface area contributed by atoms with Crippen LogP contribution in [-0.2, 0) is 0 Å². The molecule has 3 heteroatoms. The Morgan fingerprint density at radius 3 is 2.52 bits per heavy atom. The predicted molar refractivity (Wildman–Crippen MR) is 99.3 cm³/mol. The van der Waals surface area contributed by atoms with E-state index >= 15 is 0 Å². The first kappa shape index (κ1) is 17.2. The summed E-state index contributed by atoms with van der Waals surface area (Å²) in [5, 5.41) is 3.24. The smallest absolute Gasteiger partial charge is 0.0436 e. The van der Waals surface area contributed by atoms with Gasteiger partial charge in [-0.1, -0.05) is 42.8 Å². The van der Waals surface area contributed by atoms with Gasteiger partial charge in [-0.15, -0.1) is 0 Å². The number of anilines is 1. The quantitative estimate of drug-likeness (QED) is 0.541. The number of rotatable bonds is 7. The minimum Gasteiger partial charge on any atom is -0.388 e. The summed E-state index contributed by atoms with van der Waals surface area (Å²) in [5.74, 6) is 0. The number of benzene rings is 1. The molecule has 0 amide bonds. The summed E-state index contributed by atoms with van der Waals surface area (Å²) in [5.41, 5.74) is 6.63. The molecule has 0 saturated carbocycles. The van der Waals surface area contributed by atoms with Crippen molar-refractivity contribution in [3.05, 3.63) is 65.9 Å². The molecule has 0 aliphatic carbocycles. The molecule has 0 aliphatic heterocycles. The van der Waals surface area contributed by atoms with Crippen molar-refractivity contribution >= 4 is 29.3 Å². The molecule has 0 atom stereocenters. The molecule has 0 heterocycles. The molecule has 112 valence electrons. The Kier molecular flexibility index (Phi) is 6.89. The van der Waals surface area contributed by atoms with Crippen molar-refractivity contribution in [3.8, 4) is 0 Å². The molecular formula is C18H24N2S. The minimum atomic E-state index is 1.00. The van der Waals surface area contributed by atoms with E-state index in [-0.39, 0.29) is 0 Å². The van der Waals surface area contributed by atoms with Crippen LogP contribution in [0.3, 0.4) is 0 Å². The topological polar surface area (TPSA) is 24.1 Å². The summed E-state index contributed by atoms with van der Waals surface area (Å²) in [7, 11) is 1.94. The molecule has 21 heavy (non-hydrogen) atoms. The van der Waals surface area contributed by atoms with Gasteiger partial charge in [0.1, 0.15) is 0 Å². The van der Waals surface area contributed by atoms with Crippen molar-refractivity contribution in [1.29, 1.82) is 0 Å². The van der Waals surface area contributed by atoms with Crippen LogP contribution >= 0.6 is 11.9 Å². The van der Waals surface area contributed by atoms with Crippen molar-refractivity contribution in [3.63, 3.8) is 0 Å². The van der Waals surface area contributed by atoms with Gasteiger partial charge in [0.05, 0.1) is 0 Å². The second kappa shape index (κ2) is 8.42. The Morgan fingerprint density at radius 1 is 1.29 bits per heavy atom. The second-order valence-corrected chi connectivity index (χ2v) is 5.44. The van der Waals surface area contributed by atoms with Gasteiger partial charge in [0.25, 0.3) is 0 Å². The summed E-state index contributed by atoms with van der Waals surface area (Å²) in [6.07, 6.45) is 8.04. The fraction of sp³-hybridized carbons (Fsp3) is 0.222. The molecule has 0 bridgehead atoms. The molecule has 1 aromatic rings. The van der Waals surface area contributed by atoms with Crippen LogP contribution in [0.25, 0.3) is 11.6 Å². The lowest BCUT2D eigenvalue weighted by atomic mass is 10.0. The normalized spacial score (nSPS) is 12.0. The maximum Gasteiger partial charge on any atom is 0.0436 e. The lowest BCUT2D eigenvalue weighted by Crippen LogP contribution is -1.99. The molecule has 1 aromatic carbocycles. The zero-order valence-electron chi connectivity index (χ0n) is 13.3. The Bertz CT molecular complexity index is 583. The zero-order valence-corrected chi connectivity index (χ0v) is 14.1. The van der Waals surface area contributed by atoms with E-state index in [9.17, 15) is 0 Å². The molecule has 0 aliphatic rings. The third-order valence-electron chi connectivity index (χ3n) is 3.02. The van der Waals surface area contributed by atoms with E-state index in [1.807, 2.05) is 26.3 Å². The third kappa shape index (κ3) is 5.20. The first-order valence-electron chi connectivity index (χ1n) is 6.81. The fourth-order valence-electron chi connectivity index (χ4n) is 1.94. The van der Waals surface area contributed by atoms with Crippen LogP contribution in [-0.4, -0.2) is 13.3 Å². The Balaban J connectivity index is 3.13. The summed E-state index contributed by atoms with van der Waals surface area (Å²) < 4.78 is 3.19. The highest BCUT2D eigenvalue weighted by atomic mass is 32.2. The SMILES string of the molecule is C=C/C(=C/C(C)=C\c1ccc(C(=C)C)cc1NC)NSC. The molecule has 0 saturated heterocycles. The summed E-state index contributed by atoms with van der Waals surface area (Å²) in [6.45, 7) is 11.9. The van der Waals surface area contributed by atoms with E-state index in [0.717, 1.165) is 33.7 Å². The largest absolute Gasteiger partial charge is 0.388 e. The van der Waals surface area contributed by atoms with Gasteiger partial charge in [0, 0.05) is 24.7 Å². The van der Waals surface area contributed by atoms with E-state index in [4.69, 9.17) is 0 Å². The predicted octanol–water partition coefficient (Wildman–Crippen LogP) is 5.10. The van der Waals surface area contributed by atoms with Crippen LogP contribution in [0.15, 0.2) is 54.8 Å². The summed E-state index contributed by atoms with van der Waals surface area (Å²) in [6, 6.07) is 6.34. The van der Waals surface area contributed by atoms with Gasteiger partial charge < -0.3 is 10.0 Å². The van der Waals surface area contributed by atoms with Gasteiger partial charge in [0.2, 0.25) is 0 Å². The zero-order chi connectivity index (χ0) is 15.8.